The SMILES string of the molecule is COc1ccc2nc(NC(=O)c3ccc(Cl)cc3[N+](=O)[O-])sc2c1. The molecule has 0 aliphatic heterocycles. The number of aromatic nitrogens is 1. The number of hydrogen-bond donors (Lipinski definition) is 1. The second kappa shape index (κ2) is 6.42. The summed E-state index contributed by atoms with van der Waals surface area (Å²) in [7, 11) is 1.56. The van der Waals surface area contributed by atoms with E-state index in [9.17, 15) is 14.9 Å². The molecule has 0 aliphatic rings. The van der Waals surface area contributed by atoms with Gasteiger partial charge < -0.3 is 4.74 Å². The van der Waals surface area contributed by atoms with E-state index in [4.69, 9.17) is 16.3 Å². The van der Waals surface area contributed by atoms with Crippen molar-refractivity contribution in [2.75, 3.05) is 12.4 Å². The van der Waals surface area contributed by atoms with E-state index >= 15 is 0 Å². The van der Waals surface area contributed by atoms with Crippen LogP contribution in [0.25, 0.3) is 10.2 Å². The molecule has 3 aromatic rings. The first-order valence-corrected chi connectivity index (χ1v) is 7.87. The number of benzene rings is 2. The van der Waals surface area contributed by atoms with Crippen molar-refractivity contribution >= 4 is 49.9 Å². The summed E-state index contributed by atoms with van der Waals surface area (Å²) in [4.78, 5) is 27.0. The van der Waals surface area contributed by atoms with Crippen LogP contribution < -0.4 is 10.1 Å². The predicted octanol–water partition coefficient (Wildman–Crippen LogP) is 4.12. The van der Waals surface area contributed by atoms with Crippen molar-refractivity contribution in [2.45, 2.75) is 0 Å². The number of carbonyl (C=O) groups excluding carboxylic acids is 1. The van der Waals surface area contributed by atoms with Crippen LogP contribution in [0.5, 0.6) is 5.75 Å². The molecule has 0 saturated carbocycles. The number of ether oxygens (including phenoxy) is 1. The number of nitro benzene ring substituents is 1. The molecule has 0 saturated heterocycles. The fraction of sp³-hybridized carbons (Fsp3) is 0.0667. The summed E-state index contributed by atoms with van der Waals surface area (Å²) in [6, 6.07) is 9.20. The first-order chi connectivity index (χ1) is 11.5. The van der Waals surface area contributed by atoms with Gasteiger partial charge in [-0.05, 0) is 30.3 Å². The van der Waals surface area contributed by atoms with Crippen LogP contribution in [0.15, 0.2) is 36.4 Å². The van der Waals surface area contributed by atoms with Crippen molar-refractivity contribution in [2.24, 2.45) is 0 Å². The van der Waals surface area contributed by atoms with Crippen molar-refractivity contribution in [3.8, 4) is 5.75 Å². The lowest BCUT2D eigenvalue weighted by molar-refractivity contribution is -0.385. The lowest BCUT2D eigenvalue weighted by Crippen LogP contribution is -2.13. The topological polar surface area (TPSA) is 94.4 Å². The maximum atomic E-state index is 12.3. The van der Waals surface area contributed by atoms with Gasteiger partial charge in [0, 0.05) is 11.1 Å². The van der Waals surface area contributed by atoms with E-state index in [1.165, 1.54) is 23.5 Å². The number of rotatable bonds is 4. The quantitative estimate of drug-likeness (QED) is 0.555. The Labute approximate surface area is 145 Å². The molecule has 0 spiro atoms. The van der Waals surface area contributed by atoms with Gasteiger partial charge >= 0.3 is 0 Å². The molecule has 2 aromatic carbocycles. The minimum Gasteiger partial charge on any atom is -0.497 e. The Kier molecular flexibility index (Phi) is 4.32. The fourth-order valence-electron chi connectivity index (χ4n) is 2.10. The predicted molar refractivity (Wildman–Crippen MR) is 92.2 cm³/mol. The number of nitrogens with zero attached hydrogens (tertiary/aromatic N) is 2. The number of hydrogen-bond acceptors (Lipinski definition) is 6. The number of halogens is 1. The van der Waals surface area contributed by atoms with Crippen LogP contribution in [0.2, 0.25) is 5.02 Å². The Hall–Kier alpha value is -2.71. The monoisotopic (exact) mass is 363 g/mol. The number of amides is 1. The molecular weight excluding hydrogens is 354 g/mol. The normalized spacial score (nSPS) is 10.6. The minimum absolute atomic E-state index is 0.0822. The highest BCUT2D eigenvalue weighted by atomic mass is 35.5. The Morgan fingerprint density at radius 1 is 1.33 bits per heavy atom. The number of anilines is 1. The van der Waals surface area contributed by atoms with Gasteiger partial charge in [-0.3, -0.25) is 20.2 Å². The Bertz CT molecular complexity index is 957. The van der Waals surface area contributed by atoms with Crippen molar-refractivity contribution in [1.29, 1.82) is 0 Å². The molecule has 0 aliphatic carbocycles. The second-order valence-electron chi connectivity index (χ2n) is 4.73. The van der Waals surface area contributed by atoms with E-state index in [1.54, 1.807) is 25.3 Å². The zero-order valence-electron chi connectivity index (χ0n) is 12.3. The van der Waals surface area contributed by atoms with E-state index in [-0.39, 0.29) is 16.3 Å². The zero-order valence-corrected chi connectivity index (χ0v) is 13.9. The summed E-state index contributed by atoms with van der Waals surface area (Å²) in [5.41, 5.74) is 0.255. The first-order valence-electron chi connectivity index (χ1n) is 6.68. The Morgan fingerprint density at radius 3 is 2.83 bits per heavy atom. The second-order valence-corrected chi connectivity index (χ2v) is 6.19. The van der Waals surface area contributed by atoms with Gasteiger partial charge in [-0.15, -0.1) is 0 Å². The van der Waals surface area contributed by atoms with Crippen LogP contribution in [0.3, 0.4) is 0 Å². The molecule has 0 unspecified atom stereocenters. The molecule has 0 radical (unpaired) electrons. The highest BCUT2D eigenvalue weighted by Gasteiger charge is 2.21. The Morgan fingerprint density at radius 2 is 2.12 bits per heavy atom. The highest BCUT2D eigenvalue weighted by Crippen LogP contribution is 2.30. The highest BCUT2D eigenvalue weighted by molar-refractivity contribution is 7.22. The summed E-state index contributed by atoms with van der Waals surface area (Å²) in [6.07, 6.45) is 0. The van der Waals surface area contributed by atoms with Gasteiger partial charge in [0.05, 0.1) is 22.2 Å². The summed E-state index contributed by atoms with van der Waals surface area (Å²) in [5, 5.41) is 14.2. The van der Waals surface area contributed by atoms with E-state index in [0.717, 1.165) is 10.8 Å². The molecule has 24 heavy (non-hydrogen) atoms. The number of fused-ring (bicyclic) bond motifs is 1. The lowest BCUT2D eigenvalue weighted by Gasteiger charge is -2.03. The van der Waals surface area contributed by atoms with Crippen LogP contribution in [-0.4, -0.2) is 22.9 Å². The van der Waals surface area contributed by atoms with Crippen molar-refractivity contribution in [3.63, 3.8) is 0 Å². The molecule has 0 atom stereocenters. The van der Waals surface area contributed by atoms with Crippen LogP contribution in [0.1, 0.15) is 10.4 Å². The van der Waals surface area contributed by atoms with E-state index in [0.29, 0.717) is 16.4 Å². The molecule has 7 nitrogen and oxygen atoms in total. The summed E-state index contributed by atoms with van der Waals surface area (Å²) in [5.74, 6) is 0.0572. The number of nitrogens with one attached hydrogen (secondary N) is 1. The van der Waals surface area contributed by atoms with E-state index in [2.05, 4.69) is 10.3 Å². The number of thiazole rings is 1. The largest absolute Gasteiger partial charge is 0.497 e. The molecule has 1 aromatic heterocycles. The van der Waals surface area contributed by atoms with Crippen LogP contribution in [0, 0.1) is 10.1 Å². The summed E-state index contributed by atoms with van der Waals surface area (Å²) in [6.45, 7) is 0. The molecule has 3 rings (SSSR count). The third kappa shape index (κ3) is 3.15. The van der Waals surface area contributed by atoms with Crippen molar-refractivity contribution in [1.82, 2.24) is 4.98 Å². The molecular formula is C15H10ClN3O4S. The maximum Gasteiger partial charge on any atom is 0.283 e. The standard InChI is InChI=1S/C15H10ClN3O4S/c1-23-9-3-5-11-13(7-9)24-15(17-11)18-14(20)10-4-2-8(16)6-12(10)19(21)22/h2-7H,1H3,(H,17,18,20). The number of carbonyl (C=O) groups is 1. The van der Waals surface area contributed by atoms with Gasteiger partial charge in [0.2, 0.25) is 0 Å². The molecule has 0 bridgehead atoms. The lowest BCUT2D eigenvalue weighted by atomic mass is 10.1. The number of nitro groups is 1. The first kappa shape index (κ1) is 16.2. The molecule has 9 heteroatoms. The van der Waals surface area contributed by atoms with Crippen LogP contribution in [0.4, 0.5) is 10.8 Å². The van der Waals surface area contributed by atoms with Gasteiger partial charge in [0.15, 0.2) is 5.13 Å². The smallest absolute Gasteiger partial charge is 0.283 e. The van der Waals surface area contributed by atoms with Crippen molar-refractivity contribution in [3.05, 3.63) is 57.1 Å². The fourth-order valence-corrected chi connectivity index (χ4v) is 3.15. The molecule has 0 fully saturated rings. The average molecular weight is 364 g/mol. The van der Waals surface area contributed by atoms with E-state index in [1.807, 2.05) is 0 Å². The van der Waals surface area contributed by atoms with Gasteiger partial charge in [-0.2, -0.15) is 0 Å². The molecule has 122 valence electrons. The van der Waals surface area contributed by atoms with E-state index < -0.39 is 10.8 Å². The van der Waals surface area contributed by atoms with Gasteiger partial charge in [0.1, 0.15) is 11.3 Å². The van der Waals surface area contributed by atoms with Crippen LogP contribution >= 0.6 is 22.9 Å². The van der Waals surface area contributed by atoms with Crippen molar-refractivity contribution < 1.29 is 14.5 Å². The van der Waals surface area contributed by atoms with Gasteiger partial charge in [-0.25, -0.2) is 4.98 Å². The van der Waals surface area contributed by atoms with Gasteiger partial charge in [-0.1, -0.05) is 22.9 Å². The molecule has 1 amide bonds. The van der Waals surface area contributed by atoms with Crippen LogP contribution in [-0.2, 0) is 0 Å². The minimum atomic E-state index is -0.649. The zero-order chi connectivity index (χ0) is 17.3. The third-order valence-electron chi connectivity index (χ3n) is 3.22. The third-order valence-corrected chi connectivity index (χ3v) is 4.39. The molecule has 1 heterocycles. The molecule has 1 N–H and O–H groups in total. The van der Waals surface area contributed by atoms with Gasteiger partial charge in [0.25, 0.3) is 11.6 Å². The summed E-state index contributed by atoms with van der Waals surface area (Å²) >= 11 is 7.00. The summed E-state index contributed by atoms with van der Waals surface area (Å²) < 4.78 is 5.97. The number of methoxy groups -OCH3 is 1. The maximum absolute atomic E-state index is 12.3. The Balaban J connectivity index is 1.91. The average Bonchev–Trinajstić information content (AvgIpc) is 2.95.